The van der Waals surface area contributed by atoms with Gasteiger partial charge in [-0.05, 0) is 62.7 Å². The first-order valence-electron chi connectivity index (χ1n) is 5.64. The summed E-state index contributed by atoms with van der Waals surface area (Å²) in [6.07, 6.45) is 13.0. The molecule has 66 valence electrons. The van der Waals surface area contributed by atoms with E-state index in [1.54, 1.807) is 19.3 Å². The third-order valence-corrected chi connectivity index (χ3v) is 4.11. The summed E-state index contributed by atoms with van der Waals surface area (Å²) in [5.74, 6) is 3.35. The van der Waals surface area contributed by atoms with Gasteiger partial charge in [0.1, 0.15) is 0 Å². The minimum Gasteiger partial charge on any atom is -0.0850 e. The maximum atomic E-state index is 2.54. The molecule has 0 aromatic heterocycles. The average Bonchev–Trinajstić information content (AvgIpc) is 2.65. The van der Waals surface area contributed by atoms with Gasteiger partial charge in [-0.3, -0.25) is 0 Å². The molecule has 0 aliphatic heterocycles. The van der Waals surface area contributed by atoms with Gasteiger partial charge in [0.2, 0.25) is 0 Å². The Kier molecular flexibility index (Phi) is 1.56. The monoisotopic (exact) mass is 162 g/mol. The van der Waals surface area contributed by atoms with E-state index in [9.17, 15) is 0 Å². The van der Waals surface area contributed by atoms with Gasteiger partial charge in [0.15, 0.2) is 0 Å². The summed E-state index contributed by atoms with van der Waals surface area (Å²) in [5.41, 5.74) is 1.85. The molecule has 0 bridgehead atoms. The molecule has 0 aromatic rings. The third kappa shape index (κ3) is 1.04. The van der Waals surface area contributed by atoms with Crippen LogP contribution in [-0.2, 0) is 0 Å². The zero-order valence-electron chi connectivity index (χ0n) is 7.76. The van der Waals surface area contributed by atoms with Crippen molar-refractivity contribution in [2.45, 2.75) is 44.9 Å². The Hall–Kier alpha value is -0.260. The van der Waals surface area contributed by atoms with E-state index in [1.165, 1.54) is 25.7 Å². The van der Waals surface area contributed by atoms with Crippen LogP contribution in [-0.4, -0.2) is 0 Å². The molecule has 2 saturated carbocycles. The summed E-state index contributed by atoms with van der Waals surface area (Å²) in [6.45, 7) is 0. The topological polar surface area (TPSA) is 0 Å². The first-order valence-corrected chi connectivity index (χ1v) is 5.64. The Balaban J connectivity index is 1.68. The predicted octanol–water partition coefficient (Wildman–Crippen LogP) is 3.53. The molecule has 2 fully saturated rings. The highest BCUT2D eigenvalue weighted by atomic mass is 14.5. The van der Waals surface area contributed by atoms with E-state index in [4.69, 9.17) is 0 Å². The zero-order chi connectivity index (χ0) is 7.97. The molecule has 2 atom stereocenters. The van der Waals surface area contributed by atoms with Crippen molar-refractivity contribution in [3.05, 3.63) is 11.6 Å². The van der Waals surface area contributed by atoms with Crippen LogP contribution >= 0.6 is 0 Å². The van der Waals surface area contributed by atoms with Crippen LogP contribution < -0.4 is 0 Å². The molecule has 0 amide bonds. The van der Waals surface area contributed by atoms with Crippen molar-refractivity contribution in [1.82, 2.24) is 0 Å². The van der Waals surface area contributed by atoms with Crippen LogP contribution in [0.5, 0.6) is 0 Å². The second kappa shape index (κ2) is 2.61. The largest absolute Gasteiger partial charge is 0.0850 e. The van der Waals surface area contributed by atoms with Crippen molar-refractivity contribution >= 4 is 0 Å². The van der Waals surface area contributed by atoms with Crippen LogP contribution in [0.15, 0.2) is 11.6 Å². The molecule has 0 nitrogen and oxygen atoms in total. The van der Waals surface area contributed by atoms with Gasteiger partial charge in [-0.2, -0.15) is 0 Å². The first-order chi connectivity index (χ1) is 5.95. The fourth-order valence-electron chi connectivity index (χ4n) is 3.11. The second-order valence-electron chi connectivity index (χ2n) is 4.86. The van der Waals surface area contributed by atoms with Crippen LogP contribution in [0.25, 0.3) is 0 Å². The molecule has 2 unspecified atom stereocenters. The van der Waals surface area contributed by atoms with Gasteiger partial charge in [0.05, 0.1) is 0 Å². The van der Waals surface area contributed by atoms with E-state index in [0.717, 1.165) is 17.8 Å². The van der Waals surface area contributed by atoms with E-state index >= 15 is 0 Å². The molecule has 0 aromatic carbocycles. The van der Waals surface area contributed by atoms with Crippen molar-refractivity contribution in [1.29, 1.82) is 0 Å². The van der Waals surface area contributed by atoms with Gasteiger partial charge >= 0.3 is 0 Å². The van der Waals surface area contributed by atoms with E-state index < -0.39 is 0 Å². The minimum absolute atomic E-state index is 1.06. The smallest absolute Gasteiger partial charge is 0.0172 e. The van der Waals surface area contributed by atoms with Gasteiger partial charge in [-0.25, -0.2) is 0 Å². The van der Waals surface area contributed by atoms with Crippen molar-refractivity contribution in [3.8, 4) is 0 Å². The predicted molar refractivity (Wildman–Crippen MR) is 50.9 cm³/mol. The Morgan fingerprint density at radius 2 is 2.00 bits per heavy atom. The zero-order valence-corrected chi connectivity index (χ0v) is 7.76. The summed E-state index contributed by atoms with van der Waals surface area (Å²) in [4.78, 5) is 0. The first kappa shape index (κ1) is 7.17. The van der Waals surface area contributed by atoms with E-state index in [1.807, 2.05) is 5.57 Å². The van der Waals surface area contributed by atoms with Gasteiger partial charge in [0.25, 0.3) is 0 Å². The summed E-state index contributed by atoms with van der Waals surface area (Å²) >= 11 is 0. The van der Waals surface area contributed by atoms with Crippen molar-refractivity contribution in [3.63, 3.8) is 0 Å². The van der Waals surface area contributed by atoms with Gasteiger partial charge in [-0.15, -0.1) is 0 Å². The number of hydrogen-bond donors (Lipinski definition) is 0. The Morgan fingerprint density at radius 3 is 2.50 bits per heavy atom. The highest BCUT2D eigenvalue weighted by Gasteiger charge is 2.43. The number of hydrogen-bond acceptors (Lipinski definition) is 0. The minimum atomic E-state index is 1.06. The quantitative estimate of drug-likeness (QED) is 0.545. The van der Waals surface area contributed by atoms with Gasteiger partial charge in [-0.1, -0.05) is 11.6 Å². The lowest BCUT2D eigenvalue weighted by Gasteiger charge is -2.38. The maximum Gasteiger partial charge on any atom is -0.0172 e. The molecule has 3 aliphatic carbocycles. The fourth-order valence-corrected chi connectivity index (χ4v) is 3.11. The lowest BCUT2D eigenvalue weighted by atomic mass is 9.67. The van der Waals surface area contributed by atoms with Crippen molar-refractivity contribution in [2.75, 3.05) is 0 Å². The van der Waals surface area contributed by atoms with Crippen LogP contribution in [0.3, 0.4) is 0 Å². The molecular weight excluding hydrogens is 144 g/mol. The molecular formula is C12H18. The number of rotatable bonds is 2. The summed E-state index contributed by atoms with van der Waals surface area (Å²) in [5, 5.41) is 0. The molecule has 12 heavy (non-hydrogen) atoms. The molecule has 0 saturated heterocycles. The average molecular weight is 162 g/mol. The normalized spacial score (nSPS) is 40.8. The lowest BCUT2D eigenvalue weighted by Crippen LogP contribution is -2.28. The maximum absolute atomic E-state index is 2.54. The molecule has 3 rings (SSSR count). The summed E-state index contributed by atoms with van der Waals surface area (Å²) < 4.78 is 0. The fraction of sp³-hybridized carbons (Fsp3) is 0.833. The highest BCUT2D eigenvalue weighted by Crippen LogP contribution is 2.54. The molecule has 0 radical (unpaired) electrons. The van der Waals surface area contributed by atoms with Crippen LogP contribution in [0.1, 0.15) is 44.9 Å². The number of allylic oxidation sites excluding steroid dienone is 2. The molecule has 3 aliphatic rings. The summed E-state index contributed by atoms with van der Waals surface area (Å²) in [7, 11) is 0. The van der Waals surface area contributed by atoms with Crippen LogP contribution in [0.4, 0.5) is 0 Å². The third-order valence-electron chi connectivity index (χ3n) is 4.11. The Morgan fingerprint density at radius 1 is 1.08 bits per heavy atom. The van der Waals surface area contributed by atoms with Crippen LogP contribution in [0.2, 0.25) is 0 Å². The van der Waals surface area contributed by atoms with Crippen molar-refractivity contribution < 1.29 is 0 Å². The van der Waals surface area contributed by atoms with E-state index in [0.29, 0.717) is 0 Å². The summed E-state index contributed by atoms with van der Waals surface area (Å²) in [6, 6.07) is 0. The Bertz CT molecular complexity index is 210. The standard InChI is InChI=1S/C12H18/c1-2-4-9(3-1)11-7-8-12(11)10-5-6-10/h3,10-12H,1-2,4-8H2. The molecule has 0 heterocycles. The SMILES string of the molecule is C1=C(C2CCC2C2CC2)CCC1. The Labute approximate surface area is 75.0 Å². The molecule has 0 spiro atoms. The van der Waals surface area contributed by atoms with Crippen molar-refractivity contribution in [2.24, 2.45) is 17.8 Å². The molecule has 0 N–H and O–H groups in total. The van der Waals surface area contributed by atoms with Gasteiger partial charge in [0, 0.05) is 0 Å². The van der Waals surface area contributed by atoms with Crippen LogP contribution in [0, 0.1) is 17.8 Å². The molecule has 0 heteroatoms. The van der Waals surface area contributed by atoms with E-state index in [-0.39, 0.29) is 0 Å². The van der Waals surface area contributed by atoms with E-state index in [2.05, 4.69) is 6.08 Å². The van der Waals surface area contributed by atoms with Gasteiger partial charge < -0.3 is 0 Å². The highest BCUT2D eigenvalue weighted by molar-refractivity contribution is 5.17. The lowest BCUT2D eigenvalue weighted by molar-refractivity contribution is 0.182. The second-order valence-corrected chi connectivity index (χ2v) is 4.86.